The monoisotopic (exact) mass is 284 g/mol. The van der Waals surface area contributed by atoms with Crippen molar-refractivity contribution in [2.45, 2.75) is 40.0 Å². The van der Waals surface area contributed by atoms with Crippen molar-refractivity contribution in [1.82, 2.24) is 0 Å². The number of hydrogen-bond donors (Lipinski definition) is 0. The molecule has 14 heavy (non-hydrogen) atoms. The average molecular weight is 285 g/mol. The lowest BCUT2D eigenvalue weighted by Crippen LogP contribution is -2.19. The molecule has 0 aromatic rings. The van der Waals surface area contributed by atoms with E-state index in [1.54, 1.807) is 6.92 Å². The van der Waals surface area contributed by atoms with Crippen molar-refractivity contribution in [3.05, 3.63) is 0 Å². The Labute approximate surface area is 96.5 Å². The standard InChI is InChI=1S/C10H21BrO2S/c1-4-10(3,9-11)7-6-8-14(12,13)5-2/h4-9H2,1-3H3. The Balaban J connectivity index is 3.96. The van der Waals surface area contributed by atoms with Gasteiger partial charge in [0.1, 0.15) is 9.84 Å². The predicted octanol–water partition coefficient (Wildman–Crippen LogP) is 3.01. The smallest absolute Gasteiger partial charge is 0.150 e. The van der Waals surface area contributed by atoms with Crippen LogP contribution in [-0.2, 0) is 9.84 Å². The van der Waals surface area contributed by atoms with Gasteiger partial charge >= 0.3 is 0 Å². The van der Waals surface area contributed by atoms with Gasteiger partial charge < -0.3 is 0 Å². The van der Waals surface area contributed by atoms with Gasteiger partial charge in [0.25, 0.3) is 0 Å². The highest BCUT2D eigenvalue weighted by Gasteiger charge is 2.20. The van der Waals surface area contributed by atoms with Crippen molar-refractivity contribution in [3.63, 3.8) is 0 Å². The lowest BCUT2D eigenvalue weighted by molar-refractivity contribution is 0.330. The normalized spacial score (nSPS) is 16.6. The van der Waals surface area contributed by atoms with E-state index in [1.165, 1.54) is 0 Å². The molecule has 0 aromatic heterocycles. The van der Waals surface area contributed by atoms with Gasteiger partial charge in [-0.25, -0.2) is 8.42 Å². The van der Waals surface area contributed by atoms with Gasteiger partial charge in [-0.15, -0.1) is 0 Å². The Morgan fingerprint density at radius 2 is 1.86 bits per heavy atom. The van der Waals surface area contributed by atoms with E-state index >= 15 is 0 Å². The summed E-state index contributed by atoms with van der Waals surface area (Å²) in [6.45, 7) is 6.05. The molecule has 0 saturated heterocycles. The summed E-state index contributed by atoms with van der Waals surface area (Å²) in [5, 5.41) is 0.947. The van der Waals surface area contributed by atoms with Crippen LogP contribution in [0.1, 0.15) is 40.0 Å². The van der Waals surface area contributed by atoms with E-state index in [-0.39, 0.29) is 11.2 Å². The molecule has 0 aromatic carbocycles. The second-order valence-electron chi connectivity index (χ2n) is 4.14. The Morgan fingerprint density at radius 1 is 1.29 bits per heavy atom. The molecule has 0 aliphatic carbocycles. The Morgan fingerprint density at radius 3 is 2.21 bits per heavy atom. The molecule has 0 aliphatic rings. The molecule has 0 heterocycles. The van der Waals surface area contributed by atoms with Crippen LogP contribution < -0.4 is 0 Å². The van der Waals surface area contributed by atoms with Crippen molar-refractivity contribution in [1.29, 1.82) is 0 Å². The van der Waals surface area contributed by atoms with E-state index in [2.05, 4.69) is 29.8 Å². The van der Waals surface area contributed by atoms with Crippen molar-refractivity contribution < 1.29 is 8.42 Å². The topological polar surface area (TPSA) is 34.1 Å². The maximum Gasteiger partial charge on any atom is 0.150 e. The largest absolute Gasteiger partial charge is 0.229 e. The molecule has 2 nitrogen and oxygen atoms in total. The molecule has 0 rings (SSSR count). The van der Waals surface area contributed by atoms with Crippen molar-refractivity contribution >= 4 is 25.8 Å². The van der Waals surface area contributed by atoms with E-state index < -0.39 is 9.84 Å². The second kappa shape index (κ2) is 6.11. The number of rotatable bonds is 7. The Kier molecular flexibility index (Phi) is 6.30. The molecule has 0 bridgehead atoms. The SMILES string of the molecule is CCC(C)(CBr)CCCS(=O)(=O)CC. The first-order valence-electron chi connectivity index (χ1n) is 5.15. The van der Waals surface area contributed by atoms with Crippen LogP contribution in [0.5, 0.6) is 0 Å². The fourth-order valence-electron chi connectivity index (χ4n) is 1.20. The molecule has 0 saturated carbocycles. The second-order valence-corrected chi connectivity index (χ2v) is 7.17. The summed E-state index contributed by atoms with van der Waals surface area (Å²) in [6.07, 6.45) is 2.85. The number of alkyl halides is 1. The molecular weight excluding hydrogens is 264 g/mol. The molecule has 0 N–H and O–H groups in total. The summed E-state index contributed by atoms with van der Waals surface area (Å²) < 4.78 is 22.5. The Bertz CT molecular complexity index is 243. The molecule has 0 radical (unpaired) electrons. The van der Waals surface area contributed by atoms with Crippen LogP contribution in [0, 0.1) is 5.41 Å². The van der Waals surface area contributed by atoms with Gasteiger partial charge in [-0.1, -0.05) is 36.7 Å². The van der Waals surface area contributed by atoms with Crippen LogP contribution in [0.4, 0.5) is 0 Å². The van der Waals surface area contributed by atoms with Crippen molar-refractivity contribution in [2.24, 2.45) is 5.41 Å². The van der Waals surface area contributed by atoms with Crippen LogP contribution in [0.15, 0.2) is 0 Å². The number of hydrogen-bond acceptors (Lipinski definition) is 2. The van der Waals surface area contributed by atoms with E-state index in [0.717, 1.165) is 24.6 Å². The fraction of sp³-hybridized carbons (Fsp3) is 1.00. The third-order valence-electron chi connectivity index (χ3n) is 2.85. The van der Waals surface area contributed by atoms with Crippen molar-refractivity contribution in [2.75, 3.05) is 16.8 Å². The van der Waals surface area contributed by atoms with Gasteiger partial charge in [0.15, 0.2) is 0 Å². The summed E-state index contributed by atoms with van der Waals surface area (Å²) in [5.74, 6) is 0.607. The Hall–Kier alpha value is 0.430. The first kappa shape index (κ1) is 14.4. The van der Waals surface area contributed by atoms with Crippen LogP contribution in [0.3, 0.4) is 0 Å². The molecule has 0 spiro atoms. The molecule has 1 unspecified atom stereocenters. The highest BCUT2D eigenvalue weighted by Crippen LogP contribution is 2.29. The fourth-order valence-corrected chi connectivity index (χ4v) is 2.75. The first-order chi connectivity index (χ1) is 6.39. The maximum atomic E-state index is 11.3. The van der Waals surface area contributed by atoms with Crippen molar-refractivity contribution in [3.8, 4) is 0 Å². The highest BCUT2D eigenvalue weighted by atomic mass is 79.9. The molecule has 1 atom stereocenters. The zero-order valence-corrected chi connectivity index (χ0v) is 11.7. The zero-order valence-electron chi connectivity index (χ0n) is 9.35. The van der Waals surface area contributed by atoms with Gasteiger partial charge in [-0.05, 0) is 24.7 Å². The molecule has 0 fully saturated rings. The minimum atomic E-state index is -2.77. The highest BCUT2D eigenvalue weighted by molar-refractivity contribution is 9.09. The van der Waals surface area contributed by atoms with Gasteiger partial charge in [-0.3, -0.25) is 0 Å². The van der Waals surface area contributed by atoms with E-state index in [1.807, 2.05) is 0 Å². The van der Waals surface area contributed by atoms with E-state index in [4.69, 9.17) is 0 Å². The number of halogens is 1. The average Bonchev–Trinajstić information content (AvgIpc) is 2.17. The van der Waals surface area contributed by atoms with Gasteiger partial charge in [0, 0.05) is 11.1 Å². The lowest BCUT2D eigenvalue weighted by Gasteiger charge is -2.25. The number of sulfone groups is 1. The van der Waals surface area contributed by atoms with Gasteiger partial charge in [0.2, 0.25) is 0 Å². The third kappa shape index (κ3) is 5.35. The minimum Gasteiger partial charge on any atom is -0.229 e. The van der Waals surface area contributed by atoms with Crippen LogP contribution >= 0.6 is 15.9 Å². The van der Waals surface area contributed by atoms with E-state index in [0.29, 0.717) is 5.75 Å². The quantitative estimate of drug-likeness (QED) is 0.674. The molecule has 0 aliphatic heterocycles. The zero-order chi connectivity index (χ0) is 11.2. The van der Waals surface area contributed by atoms with Crippen LogP contribution in [0.25, 0.3) is 0 Å². The van der Waals surface area contributed by atoms with Gasteiger partial charge in [0.05, 0.1) is 5.75 Å². The van der Waals surface area contributed by atoms with Gasteiger partial charge in [-0.2, -0.15) is 0 Å². The minimum absolute atomic E-state index is 0.253. The van der Waals surface area contributed by atoms with E-state index in [9.17, 15) is 8.42 Å². The first-order valence-corrected chi connectivity index (χ1v) is 8.10. The van der Waals surface area contributed by atoms with Crippen LogP contribution in [0.2, 0.25) is 0 Å². The lowest BCUT2D eigenvalue weighted by atomic mass is 9.85. The summed E-state index contributed by atoms with van der Waals surface area (Å²) in [6, 6.07) is 0. The molecule has 86 valence electrons. The summed E-state index contributed by atoms with van der Waals surface area (Å²) in [4.78, 5) is 0. The molecule has 0 amide bonds. The molecular formula is C10H21BrO2S. The molecule has 4 heteroatoms. The summed E-state index contributed by atoms with van der Waals surface area (Å²) in [7, 11) is -2.77. The summed E-state index contributed by atoms with van der Waals surface area (Å²) >= 11 is 3.48. The van der Waals surface area contributed by atoms with Crippen LogP contribution in [-0.4, -0.2) is 25.3 Å². The maximum absolute atomic E-state index is 11.3. The summed E-state index contributed by atoms with van der Waals surface area (Å²) in [5.41, 5.74) is 0.253. The third-order valence-corrected chi connectivity index (χ3v) is 6.00. The predicted molar refractivity (Wildman–Crippen MR) is 65.8 cm³/mol.